The minimum atomic E-state index is 0.313. The predicted molar refractivity (Wildman–Crippen MR) is 109 cm³/mol. The van der Waals surface area contributed by atoms with Crippen LogP contribution < -0.4 is 4.90 Å². The van der Waals surface area contributed by atoms with Crippen LogP contribution >= 0.6 is 22.9 Å². The lowest BCUT2D eigenvalue weighted by Crippen LogP contribution is -2.31. The summed E-state index contributed by atoms with van der Waals surface area (Å²) in [4.78, 5) is 13.5. The minimum Gasteiger partial charge on any atom is -0.351 e. The number of fused-ring (bicyclic) bond motifs is 2. The molecule has 26 heavy (non-hydrogen) atoms. The molecule has 0 radical (unpaired) electrons. The Bertz CT molecular complexity index is 1090. The van der Waals surface area contributed by atoms with E-state index in [0.29, 0.717) is 5.28 Å². The number of anilines is 1. The van der Waals surface area contributed by atoms with Crippen molar-refractivity contribution in [3.8, 4) is 10.4 Å². The lowest BCUT2D eigenvalue weighted by atomic mass is 10.00. The van der Waals surface area contributed by atoms with Crippen molar-refractivity contribution in [2.75, 3.05) is 11.4 Å². The fourth-order valence-electron chi connectivity index (χ4n) is 3.54. The first kappa shape index (κ1) is 15.8. The van der Waals surface area contributed by atoms with Gasteiger partial charge in [-0.15, -0.1) is 11.3 Å². The summed E-state index contributed by atoms with van der Waals surface area (Å²) in [5.74, 6) is 0.938. The SMILES string of the molecule is Clc1nc(N2CCc3ccccc3C2)c2cc(-c3ccccc3)sc2n1. The first-order chi connectivity index (χ1) is 12.8. The van der Waals surface area contributed by atoms with E-state index in [1.165, 1.54) is 21.6 Å². The van der Waals surface area contributed by atoms with E-state index in [2.05, 4.69) is 69.5 Å². The molecule has 0 spiro atoms. The number of aromatic nitrogens is 2. The monoisotopic (exact) mass is 377 g/mol. The molecule has 2 aromatic carbocycles. The van der Waals surface area contributed by atoms with Gasteiger partial charge in [0.05, 0.1) is 5.39 Å². The maximum atomic E-state index is 6.26. The summed E-state index contributed by atoms with van der Waals surface area (Å²) < 4.78 is 0. The first-order valence-electron chi connectivity index (χ1n) is 8.62. The van der Waals surface area contributed by atoms with Gasteiger partial charge in [0.1, 0.15) is 10.6 Å². The van der Waals surface area contributed by atoms with Crippen LogP contribution in [0.3, 0.4) is 0 Å². The van der Waals surface area contributed by atoms with Gasteiger partial charge in [0.15, 0.2) is 0 Å². The van der Waals surface area contributed by atoms with E-state index in [9.17, 15) is 0 Å². The average Bonchev–Trinajstić information content (AvgIpc) is 3.11. The van der Waals surface area contributed by atoms with Crippen LogP contribution in [0.1, 0.15) is 11.1 Å². The van der Waals surface area contributed by atoms with Gasteiger partial charge in [0.25, 0.3) is 0 Å². The van der Waals surface area contributed by atoms with E-state index >= 15 is 0 Å². The number of halogens is 1. The fraction of sp³-hybridized carbons (Fsp3) is 0.143. The highest BCUT2D eigenvalue weighted by molar-refractivity contribution is 7.22. The zero-order chi connectivity index (χ0) is 17.5. The fourth-order valence-corrected chi connectivity index (χ4v) is 4.79. The lowest BCUT2D eigenvalue weighted by Gasteiger charge is -2.30. The molecule has 3 heterocycles. The van der Waals surface area contributed by atoms with Crippen molar-refractivity contribution in [1.82, 2.24) is 9.97 Å². The Morgan fingerprint density at radius 2 is 1.69 bits per heavy atom. The molecule has 0 fully saturated rings. The summed E-state index contributed by atoms with van der Waals surface area (Å²) in [6, 6.07) is 21.2. The molecular weight excluding hydrogens is 362 g/mol. The van der Waals surface area contributed by atoms with Crippen molar-refractivity contribution in [3.05, 3.63) is 77.1 Å². The molecule has 0 aliphatic carbocycles. The highest BCUT2D eigenvalue weighted by Crippen LogP contribution is 2.38. The van der Waals surface area contributed by atoms with Crippen LogP contribution in [0.25, 0.3) is 20.7 Å². The third kappa shape index (κ3) is 2.75. The van der Waals surface area contributed by atoms with Crippen molar-refractivity contribution in [3.63, 3.8) is 0 Å². The van der Waals surface area contributed by atoms with Crippen LogP contribution in [-0.2, 0) is 13.0 Å². The second kappa shape index (κ2) is 6.38. The lowest BCUT2D eigenvalue weighted by molar-refractivity contribution is 0.723. The highest BCUT2D eigenvalue weighted by Gasteiger charge is 2.21. The molecule has 0 bridgehead atoms. The summed E-state index contributed by atoms with van der Waals surface area (Å²) >= 11 is 7.92. The van der Waals surface area contributed by atoms with E-state index < -0.39 is 0 Å². The van der Waals surface area contributed by atoms with Crippen molar-refractivity contribution < 1.29 is 0 Å². The minimum absolute atomic E-state index is 0.313. The summed E-state index contributed by atoms with van der Waals surface area (Å²) in [5, 5.41) is 1.39. The molecule has 2 aromatic heterocycles. The van der Waals surface area contributed by atoms with Gasteiger partial charge in [-0.2, -0.15) is 4.98 Å². The molecule has 1 aliphatic rings. The Morgan fingerprint density at radius 1 is 0.923 bits per heavy atom. The molecule has 4 aromatic rings. The van der Waals surface area contributed by atoms with Crippen LogP contribution in [0.15, 0.2) is 60.7 Å². The van der Waals surface area contributed by atoms with Crippen LogP contribution in [0.4, 0.5) is 5.82 Å². The van der Waals surface area contributed by atoms with Gasteiger partial charge in [-0.1, -0.05) is 54.6 Å². The Labute approximate surface area is 160 Å². The Balaban J connectivity index is 1.61. The van der Waals surface area contributed by atoms with Crippen LogP contribution in [0.5, 0.6) is 0 Å². The quantitative estimate of drug-likeness (QED) is 0.427. The van der Waals surface area contributed by atoms with Crippen molar-refractivity contribution in [2.24, 2.45) is 0 Å². The van der Waals surface area contributed by atoms with Crippen LogP contribution in [0.2, 0.25) is 5.28 Å². The molecule has 0 saturated carbocycles. The number of thiophene rings is 1. The van der Waals surface area contributed by atoms with Crippen molar-refractivity contribution in [2.45, 2.75) is 13.0 Å². The van der Waals surface area contributed by atoms with E-state index in [4.69, 9.17) is 11.6 Å². The molecule has 0 N–H and O–H groups in total. The van der Waals surface area contributed by atoms with Gasteiger partial charge in [-0.3, -0.25) is 0 Å². The summed E-state index contributed by atoms with van der Waals surface area (Å²) in [6.07, 6.45) is 1.02. The molecule has 0 amide bonds. The Morgan fingerprint density at radius 3 is 2.54 bits per heavy atom. The molecule has 0 atom stereocenters. The molecule has 5 rings (SSSR count). The van der Waals surface area contributed by atoms with Gasteiger partial charge in [-0.05, 0) is 40.8 Å². The molecule has 0 unspecified atom stereocenters. The standard InChI is InChI=1S/C21H16ClN3S/c22-21-23-19(25-11-10-14-6-4-5-9-16(14)13-25)17-12-18(26-20(17)24-21)15-7-2-1-3-8-15/h1-9,12H,10-11,13H2. The van der Waals surface area contributed by atoms with Gasteiger partial charge < -0.3 is 4.90 Å². The van der Waals surface area contributed by atoms with Gasteiger partial charge in [-0.25, -0.2) is 4.98 Å². The highest BCUT2D eigenvalue weighted by atomic mass is 35.5. The Hall–Kier alpha value is -2.43. The molecular formula is C21H16ClN3S. The van der Waals surface area contributed by atoms with Crippen molar-refractivity contribution in [1.29, 1.82) is 0 Å². The summed E-state index contributed by atoms with van der Waals surface area (Å²) in [6.45, 7) is 1.80. The van der Waals surface area contributed by atoms with Gasteiger partial charge in [0, 0.05) is 18.0 Å². The number of hydrogen-bond donors (Lipinski definition) is 0. The smallest absolute Gasteiger partial charge is 0.225 e. The largest absolute Gasteiger partial charge is 0.351 e. The van der Waals surface area contributed by atoms with Gasteiger partial charge in [0.2, 0.25) is 5.28 Å². The summed E-state index contributed by atoms with van der Waals surface area (Å²) in [5.41, 5.74) is 3.98. The number of rotatable bonds is 2. The predicted octanol–water partition coefficient (Wildman–Crippen LogP) is 5.57. The summed E-state index contributed by atoms with van der Waals surface area (Å²) in [7, 11) is 0. The molecule has 3 nitrogen and oxygen atoms in total. The van der Waals surface area contributed by atoms with Crippen LogP contribution in [-0.4, -0.2) is 16.5 Å². The number of nitrogens with zero attached hydrogens (tertiary/aromatic N) is 3. The topological polar surface area (TPSA) is 29.0 Å². The van der Waals surface area contributed by atoms with E-state index in [1.54, 1.807) is 11.3 Å². The second-order valence-electron chi connectivity index (χ2n) is 6.45. The first-order valence-corrected chi connectivity index (χ1v) is 9.81. The third-order valence-corrected chi connectivity index (χ3v) is 6.08. The number of benzene rings is 2. The molecule has 1 aliphatic heterocycles. The molecule has 5 heteroatoms. The van der Waals surface area contributed by atoms with E-state index in [0.717, 1.165) is 35.5 Å². The number of hydrogen-bond acceptors (Lipinski definition) is 4. The zero-order valence-electron chi connectivity index (χ0n) is 14.0. The van der Waals surface area contributed by atoms with Crippen molar-refractivity contribution >= 4 is 39.0 Å². The molecule has 128 valence electrons. The normalized spacial score (nSPS) is 13.8. The average molecular weight is 378 g/mol. The maximum Gasteiger partial charge on any atom is 0.225 e. The third-order valence-electron chi connectivity index (χ3n) is 4.83. The van der Waals surface area contributed by atoms with E-state index in [1.807, 2.05) is 6.07 Å². The maximum absolute atomic E-state index is 6.26. The zero-order valence-corrected chi connectivity index (χ0v) is 15.6. The second-order valence-corrected chi connectivity index (χ2v) is 7.82. The van der Waals surface area contributed by atoms with Crippen LogP contribution in [0, 0.1) is 0 Å². The Kier molecular flexibility index (Phi) is 3.88. The molecule has 0 saturated heterocycles. The van der Waals surface area contributed by atoms with E-state index in [-0.39, 0.29) is 0 Å². The van der Waals surface area contributed by atoms with Gasteiger partial charge >= 0.3 is 0 Å².